The predicted octanol–water partition coefficient (Wildman–Crippen LogP) is 2.39. The van der Waals surface area contributed by atoms with E-state index in [4.69, 9.17) is 10.5 Å². The van der Waals surface area contributed by atoms with Gasteiger partial charge in [0.2, 0.25) is 0 Å². The Morgan fingerprint density at radius 1 is 1.41 bits per heavy atom. The first-order valence-corrected chi connectivity index (χ1v) is 6.11. The van der Waals surface area contributed by atoms with Crippen LogP contribution in [-0.2, 0) is 13.5 Å². The van der Waals surface area contributed by atoms with Gasteiger partial charge < -0.3 is 10.5 Å². The third-order valence-corrected chi connectivity index (χ3v) is 2.88. The number of anilines is 1. The lowest BCUT2D eigenvalue weighted by atomic mass is 10.3. The molecule has 1 aromatic heterocycles. The highest BCUT2D eigenvalue weighted by Crippen LogP contribution is 2.17. The predicted molar refractivity (Wildman–Crippen MR) is 71.0 cm³/mol. The molecule has 90 valence electrons. The summed E-state index contributed by atoms with van der Waals surface area (Å²) in [6.45, 7) is 0.590. The number of rotatable bonds is 4. The molecule has 0 fully saturated rings. The number of hydrogen-bond acceptors (Lipinski definition) is 3. The molecule has 0 bridgehead atoms. The Labute approximate surface area is 109 Å². The minimum absolute atomic E-state index is 0.590. The van der Waals surface area contributed by atoms with Crippen molar-refractivity contribution < 1.29 is 4.74 Å². The third-order valence-electron chi connectivity index (χ3n) is 2.39. The summed E-state index contributed by atoms with van der Waals surface area (Å²) in [4.78, 5) is 0. The van der Waals surface area contributed by atoms with E-state index in [0.29, 0.717) is 12.4 Å². The molecule has 0 atom stereocenters. The van der Waals surface area contributed by atoms with Gasteiger partial charge in [0.1, 0.15) is 11.6 Å². The highest BCUT2D eigenvalue weighted by Gasteiger charge is 2.02. The fraction of sp³-hybridized carbons (Fsp3) is 0.250. The van der Waals surface area contributed by atoms with E-state index in [2.05, 4.69) is 21.0 Å². The van der Waals surface area contributed by atoms with E-state index in [0.717, 1.165) is 22.3 Å². The number of nitrogens with two attached hydrogens (primary N) is 1. The molecule has 0 saturated carbocycles. The monoisotopic (exact) mass is 295 g/mol. The summed E-state index contributed by atoms with van der Waals surface area (Å²) in [5.41, 5.74) is 6.64. The first kappa shape index (κ1) is 12.0. The molecule has 0 saturated heterocycles. The van der Waals surface area contributed by atoms with E-state index in [1.165, 1.54) is 0 Å². The van der Waals surface area contributed by atoms with Crippen molar-refractivity contribution in [3.8, 4) is 5.75 Å². The van der Waals surface area contributed by atoms with E-state index in [1.54, 1.807) is 4.68 Å². The number of nitrogen functional groups attached to an aromatic ring is 1. The van der Waals surface area contributed by atoms with Crippen LogP contribution >= 0.6 is 15.9 Å². The number of nitrogens with zero attached hydrogens (tertiary/aromatic N) is 2. The summed E-state index contributed by atoms with van der Waals surface area (Å²) < 4.78 is 8.29. The average Bonchev–Trinajstić information content (AvgIpc) is 2.58. The minimum atomic E-state index is 0.590. The zero-order valence-corrected chi connectivity index (χ0v) is 11.1. The van der Waals surface area contributed by atoms with Crippen molar-refractivity contribution in [3.05, 3.63) is 40.5 Å². The molecule has 0 aliphatic rings. The normalized spacial score (nSPS) is 10.5. The molecular formula is C12H14BrN3O. The van der Waals surface area contributed by atoms with Crippen LogP contribution in [0.25, 0.3) is 0 Å². The van der Waals surface area contributed by atoms with Crippen molar-refractivity contribution in [2.75, 3.05) is 12.3 Å². The van der Waals surface area contributed by atoms with Crippen LogP contribution in [0.3, 0.4) is 0 Å². The van der Waals surface area contributed by atoms with E-state index in [1.807, 2.05) is 37.4 Å². The van der Waals surface area contributed by atoms with Crippen LogP contribution in [0.15, 0.2) is 34.8 Å². The van der Waals surface area contributed by atoms with Gasteiger partial charge in [0.05, 0.1) is 12.3 Å². The van der Waals surface area contributed by atoms with E-state index < -0.39 is 0 Å². The van der Waals surface area contributed by atoms with Crippen molar-refractivity contribution in [2.45, 2.75) is 6.42 Å². The van der Waals surface area contributed by atoms with Crippen LogP contribution in [0.5, 0.6) is 5.75 Å². The van der Waals surface area contributed by atoms with Gasteiger partial charge in [-0.25, -0.2) is 0 Å². The Hall–Kier alpha value is -1.49. The fourth-order valence-electron chi connectivity index (χ4n) is 1.50. The summed E-state index contributed by atoms with van der Waals surface area (Å²) >= 11 is 3.40. The lowest BCUT2D eigenvalue weighted by Gasteiger charge is -2.04. The molecule has 0 unspecified atom stereocenters. The Morgan fingerprint density at radius 2 is 2.24 bits per heavy atom. The fourth-order valence-corrected chi connectivity index (χ4v) is 1.87. The number of ether oxygens (including phenoxy) is 1. The minimum Gasteiger partial charge on any atom is -0.493 e. The SMILES string of the molecule is Cn1nc(CCOc2cccc(Br)c2)cc1N. The number of aromatic nitrogens is 2. The van der Waals surface area contributed by atoms with Crippen LogP contribution in [0.2, 0.25) is 0 Å². The average molecular weight is 296 g/mol. The van der Waals surface area contributed by atoms with E-state index in [9.17, 15) is 0 Å². The topological polar surface area (TPSA) is 53.1 Å². The lowest BCUT2D eigenvalue weighted by molar-refractivity contribution is 0.320. The van der Waals surface area contributed by atoms with Crippen molar-refractivity contribution in [2.24, 2.45) is 7.05 Å². The summed E-state index contributed by atoms with van der Waals surface area (Å²) in [5, 5.41) is 4.26. The summed E-state index contributed by atoms with van der Waals surface area (Å²) in [7, 11) is 1.83. The zero-order chi connectivity index (χ0) is 12.3. The van der Waals surface area contributed by atoms with Gasteiger partial charge in [0.25, 0.3) is 0 Å². The molecule has 4 nitrogen and oxygen atoms in total. The van der Waals surface area contributed by atoms with Gasteiger partial charge >= 0.3 is 0 Å². The molecule has 0 aliphatic carbocycles. The molecule has 0 radical (unpaired) electrons. The Kier molecular flexibility index (Phi) is 3.68. The number of hydrogen-bond donors (Lipinski definition) is 1. The maximum Gasteiger partial charge on any atom is 0.121 e. The van der Waals surface area contributed by atoms with Gasteiger partial charge in [-0.3, -0.25) is 4.68 Å². The summed E-state index contributed by atoms with van der Waals surface area (Å²) in [6.07, 6.45) is 0.748. The van der Waals surface area contributed by atoms with Gasteiger partial charge in [-0.1, -0.05) is 22.0 Å². The van der Waals surface area contributed by atoms with Gasteiger partial charge in [-0.2, -0.15) is 5.10 Å². The molecule has 2 rings (SSSR count). The quantitative estimate of drug-likeness (QED) is 0.942. The standard InChI is InChI=1S/C12H14BrN3O/c1-16-12(14)8-10(15-16)5-6-17-11-4-2-3-9(13)7-11/h2-4,7-8H,5-6,14H2,1H3. The molecule has 0 aliphatic heterocycles. The first-order chi connectivity index (χ1) is 8.15. The van der Waals surface area contributed by atoms with E-state index in [-0.39, 0.29) is 0 Å². The second-order valence-electron chi connectivity index (χ2n) is 3.74. The summed E-state index contributed by atoms with van der Waals surface area (Å²) in [5.74, 6) is 1.52. The van der Waals surface area contributed by atoms with Crippen LogP contribution in [0.4, 0.5) is 5.82 Å². The van der Waals surface area contributed by atoms with Gasteiger partial charge in [0.15, 0.2) is 0 Å². The molecule has 0 amide bonds. The van der Waals surface area contributed by atoms with Crippen LogP contribution in [0, 0.1) is 0 Å². The largest absolute Gasteiger partial charge is 0.493 e. The van der Waals surface area contributed by atoms with Crippen molar-refractivity contribution >= 4 is 21.7 Å². The Morgan fingerprint density at radius 3 is 2.88 bits per heavy atom. The van der Waals surface area contributed by atoms with Crippen molar-refractivity contribution in [1.82, 2.24) is 9.78 Å². The summed E-state index contributed by atoms with van der Waals surface area (Å²) in [6, 6.07) is 9.64. The maximum atomic E-state index is 5.70. The highest BCUT2D eigenvalue weighted by molar-refractivity contribution is 9.10. The number of halogens is 1. The number of benzene rings is 1. The van der Waals surface area contributed by atoms with Crippen molar-refractivity contribution in [1.29, 1.82) is 0 Å². The Balaban J connectivity index is 1.87. The molecule has 5 heteroatoms. The second kappa shape index (κ2) is 5.23. The van der Waals surface area contributed by atoms with Gasteiger partial charge in [-0.05, 0) is 18.2 Å². The van der Waals surface area contributed by atoms with Crippen LogP contribution in [-0.4, -0.2) is 16.4 Å². The molecule has 2 N–H and O–H groups in total. The smallest absolute Gasteiger partial charge is 0.121 e. The number of aryl methyl sites for hydroxylation is 1. The first-order valence-electron chi connectivity index (χ1n) is 5.32. The molecule has 17 heavy (non-hydrogen) atoms. The third kappa shape index (κ3) is 3.23. The second-order valence-corrected chi connectivity index (χ2v) is 4.66. The lowest BCUT2D eigenvalue weighted by Crippen LogP contribution is -2.02. The highest BCUT2D eigenvalue weighted by atomic mass is 79.9. The van der Waals surface area contributed by atoms with Crippen LogP contribution in [0.1, 0.15) is 5.69 Å². The Bertz CT molecular complexity index is 491. The van der Waals surface area contributed by atoms with Crippen molar-refractivity contribution in [3.63, 3.8) is 0 Å². The molecule has 1 heterocycles. The molecule has 0 spiro atoms. The van der Waals surface area contributed by atoms with E-state index >= 15 is 0 Å². The molecular weight excluding hydrogens is 282 g/mol. The van der Waals surface area contributed by atoms with Gasteiger partial charge in [-0.15, -0.1) is 0 Å². The maximum absolute atomic E-state index is 5.70. The zero-order valence-electron chi connectivity index (χ0n) is 9.56. The van der Waals surface area contributed by atoms with Gasteiger partial charge in [0, 0.05) is 24.0 Å². The molecule has 2 aromatic rings. The molecule has 1 aromatic carbocycles. The van der Waals surface area contributed by atoms with Crippen LogP contribution < -0.4 is 10.5 Å².